The zero-order valence-electron chi connectivity index (χ0n) is 10.5. The van der Waals surface area contributed by atoms with Gasteiger partial charge in [0.05, 0.1) is 4.90 Å². The van der Waals surface area contributed by atoms with Gasteiger partial charge in [-0.05, 0) is 31.0 Å². The summed E-state index contributed by atoms with van der Waals surface area (Å²) < 4.78 is 22.8. The highest BCUT2D eigenvalue weighted by atomic mass is 32.2. The molecule has 0 heterocycles. The van der Waals surface area contributed by atoms with Crippen LogP contribution in [-0.4, -0.2) is 21.5 Å². The quantitative estimate of drug-likeness (QED) is 0.809. The van der Waals surface area contributed by atoms with Crippen LogP contribution in [0.1, 0.15) is 25.7 Å². The first kappa shape index (κ1) is 13.2. The Kier molecular flexibility index (Phi) is 3.49. The van der Waals surface area contributed by atoms with Gasteiger partial charge in [-0.15, -0.1) is 0 Å². The van der Waals surface area contributed by atoms with Crippen LogP contribution in [0.3, 0.4) is 0 Å². The van der Waals surface area contributed by atoms with Gasteiger partial charge < -0.3 is 10.6 Å². The normalized spacial score (nSPS) is 17.0. The molecule has 0 unspecified atom stereocenters. The molecule has 1 aromatic rings. The maximum absolute atomic E-state index is 11.4. The van der Waals surface area contributed by atoms with E-state index < -0.39 is 10.0 Å². The zero-order valence-corrected chi connectivity index (χ0v) is 11.3. The van der Waals surface area contributed by atoms with Crippen LogP contribution in [0.15, 0.2) is 23.1 Å². The molecule has 4 N–H and O–H groups in total. The monoisotopic (exact) mass is 269 g/mol. The van der Waals surface area contributed by atoms with Crippen molar-refractivity contribution < 1.29 is 8.42 Å². The van der Waals surface area contributed by atoms with E-state index in [9.17, 15) is 8.42 Å². The van der Waals surface area contributed by atoms with Crippen molar-refractivity contribution >= 4 is 21.4 Å². The Hall–Kier alpha value is -1.27. The van der Waals surface area contributed by atoms with Gasteiger partial charge in [-0.3, -0.25) is 0 Å². The minimum Gasteiger partial charge on any atom is -0.399 e. The molecule has 1 aromatic carbocycles. The van der Waals surface area contributed by atoms with Crippen molar-refractivity contribution in [2.24, 2.45) is 5.14 Å². The van der Waals surface area contributed by atoms with Gasteiger partial charge in [-0.25, -0.2) is 13.6 Å². The molecule has 1 aliphatic rings. The van der Waals surface area contributed by atoms with Crippen LogP contribution in [0.25, 0.3) is 0 Å². The molecule has 0 aliphatic heterocycles. The Morgan fingerprint density at radius 1 is 1.22 bits per heavy atom. The van der Waals surface area contributed by atoms with E-state index in [0.717, 1.165) is 18.5 Å². The molecule has 1 saturated carbocycles. The summed E-state index contributed by atoms with van der Waals surface area (Å²) in [4.78, 5) is 2.17. The van der Waals surface area contributed by atoms with E-state index in [0.29, 0.717) is 11.7 Å². The Morgan fingerprint density at radius 3 is 2.39 bits per heavy atom. The molecule has 0 spiro atoms. The van der Waals surface area contributed by atoms with Crippen molar-refractivity contribution in [3.05, 3.63) is 18.2 Å². The second-order valence-corrected chi connectivity index (χ2v) is 6.42. The molecule has 0 amide bonds. The number of hydrogen-bond donors (Lipinski definition) is 2. The summed E-state index contributed by atoms with van der Waals surface area (Å²) in [7, 11) is -1.74. The SMILES string of the molecule is CN(c1cc(N)cc(S(N)(=O)=O)c1)C1CCCC1. The molecule has 1 aliphatic carbocycles. The predicted molar refractivity (Wildman–Crippen MR) is 72.9 cm³/mol. The van der Waals surface area contributed by atoms with Crippen LogP contribution in [0.5, 0.6) is 0 Å². The van der Waals surface area contributed by atoms with E-state index in [2.05, 4.69) is 4.90 Å². The fourth-order valence-electron chi connectivity index (χ4n) is 2.48. The second-order valence-electron chi connectivity index (χ2n) is 4.85. The fraction of sp³-hybridized carbons (Fsp3) is 0.500. The number of nitrogens with zero attached hydrogens (tertiary/aromatic N) is 1. The van der Waals surface area contributed by atoms with Gasteiger partial charge in [-0.1, -0.05) is 12.8 Å². The van der Waals surface area contributed by atoms with Crippen LogP contribution in [0.4, 0.5) is 11.4 Å². The van der Waals surface area contributed by atoms with E-state index >= 15 is 0 Å². The number of nitrogens with two attached hydrogens (primary N) is 2. The third kappa shape index (κ3) is 2.76. The Bertz CT molecular complexity index is 536. The summed E-state index contributed by atoms with van der Waals surface area (Å²) >= 11 is 0. The van der Waals surface area contributed by atoms with Gasteiger partial charge >= 0.3 is 0 Å². The highest BCUT2D eigenvalue weighted by molar-refractivity contribution is 7.89. The maximum Gasteiger partial charge on any atom is 0.238 e. The lowest BCUT2D eigenvalue weighted by molar-refractivity contribution is 0.597. The van der Waals surface area contributed by atoms with Crippen LogP contribution >= 0.6 is 0 Å². The number of rotatable bonds is 3. The third-order valence-electron chi connectivity index (χ3n) is 3.52. The summed E-state index contributed by atoms with van der Waals surface area (Å²) in [6.45, 7) is 0. The molecule has 5 nitrogen and oxygen atoms in total. The van der Waals surface area contributed by atoms with Crippen molar-refractivity contribution in [2.45, 2.75) is 36.6 Å². The summed E-state index contributed by atoms with van der Waals surface area (Å²) in [6, 6.07) is 5.22. The fourth-order valence-corrected chi connectivity index (χ4v) is 3.06. The minimum absolute atomic E-state index is 0.0716. The van der Waals surface area contributed by atoms with Gasteiger partial charge in [0.2, 0.25) is 10.0 Å². The predicted octanol–water partition coefficient (Wildman–Crippen LogP) is 1.29. The summed E-state index contributed by atoms with van der Waals surface area (Å²) in [5, 5.41) is 5.15. The average Bonchev–Trinajstić information content (AvgIpc) is 2.79. The molecule has 18 heavy (non-hydrogen) atoms. The number of benzene rings is 1. The molecule has 0 aromatic heterocycles. The van der Waals surface area contributed by atoms with Gasteiger partial charge in [-0.2, -0.15) is 0 Å². The molecular formula is C12H19N3O2S. The third-order valence-corrected chi connectivity index (χ3v) is 4.41. The summed E-state index contributed by atoms with van der Waals surface area (Å²) in [6.07, 6.45) is 4.71. The first-order chi connectivity index (χ1) is 8.38. The molecule has 0 atom stereocenters. The lowest BCUT2D eigenvalue weighted by Crippen LogP contribution is -2.29. The lowest BCUT2D eigenvalue weighted by atomic mass is 10.2. The molecule has 2 rings (SSSR count). The van der Waals surface area contributed by atoms with E-state index in [4.69, 9.17) is 10.9 Å². The van der Waals surface area contributed by atoms with Crippen molar-refractivity contribution in [3.63, 3.8) is 0 Å². The van der Waals surface area contributed by atoms with Gasteiger partial charge in [0.25, 0.3) is 0 Å². The zero-order chi connectivity index (χ0) is 13.3. The first-order valence-electron chi connectivity index (χ1n) is 6.04. The van der Waals surface area contributed by atoms with Crippen LogP contribution in [0, 0.1) is 0 Å². The standard InChI is InChI=1S/C12H19N3O2S/c1-15(10-4-2-3-5-10)11-6-9(13)7-12(8-11)18(14,16)17/h6-8,10H,2-5,13H2,1H3,(H2,14,16,17). The average molecular weight is 269 g/mol. The topological polar surface area (TPSA) is 89.4 Å². The van der Waals surface area contributed by atoms with Crippen molar-refractivity contribution in [2.75, 3.05) is 17.7 Å². The van der Waals surface area contributed by atoms with Crippen LogP contribution in [-0.2, 0) is 10.0 Å². The minimum atomic E-state index is -3.71. The van der Waals surface area contributed by atoms with E-state index in [-0.39, 0.29) is 4.90 Å². The summed E-state index contributed by atoms with van der Waals surface area (Å²) in [5.74, 6) is 0. The van der Waals surface area contributed by atoms with Crippen molar-refractivity contribution in [3.8, 4) is 0 Å². The molecule has 0 bridgehead atoms. The van der Waals surface area contributed by atoms with E-state index in [1.807, 2.05) is 7.05 Å². The van der Waals surface area contributed by atoms with Gasteiger partial charge in [0, 0.05) is 24.5 Å². The van der Waals surface area contributed by atoms with Crippen LogP contribution in [0.2, 0.25) is 0 Å². The van der Waals surface area contributed by atoms with Crippen LogP contribution < -0.4 is 15.8 Å². The smallest absolute Gasteiger partial charge is 0.238 e. The Morgan fingerprint density at radius 2 is 1.83 bits per heavy atom. The lowest BCUT2D eigenvalue weighted by Gasteiger charge is -2.27. The molecule has 100 valence electrons. The van der Waals surface area contributed by atoms with Crippen molar-refractivity contribution in [1.29, 1.82) is 0 Å². The van der Waals surface area contributed by atoms with Crippen molar-refractivity contribution in [1.82, 2.24) is 0 Å². The number of nitrogen functional groups attached to an aromatic ring is 1. The van der Waals surface area contributed by atoms with E-state index in [1.54, 1.807) is 12.1 Å². The second kappa shape index (κ2) is 4.78. The van der Waals surface area contributed by atoms with Gasteiger partial charge in [0.1, 0.15) is 0 Å². The Labute approximate surface area is 108 Å². The highest BCUT2D eigenvalue weighted by Crippen LogP contribution is 2.29. The Balaban J connectivity index is 2.35. The first-order valence-corrected chi connectivity index (χ1v) is 7.59. The largest absolute Gasteiger partial charge is 0.399 e. The number of anilines is 2. The molecular weight excluding hydrogens is 250 g/mol. The van der Waals surface area contributed by atoms with E-state index in [1.165, 1.54) is 18.9 Å². The molecule has 0 saturated heterocycles. The highest BCUT2D eigenvalue weighted by Gasteiger charge is 2.21. The number of sulfonamides is 1. The molecule has 6 heteroatoms. The number of primary sulfonamides is 1. The summed E-state index contributed by atoms with van der Waals surface area (Å²) in [5.41, 5.74) is 6.97. The number of hydrogen-bond acceptors (Lipinski definition) is 4. The maximum atomic E-state index is 11.4. The molecule has 1 fully saturated rings. The molecule has 0 radical (unpaired) electrons. The van der Waals surface area contributed by atoms with Gasteiger partial charge in [0.15, 0.2) is 0 Å².